The molecular weight excluding hydrogens is 506 g/mol. The van der Waals surface area contributed by atoms with E-state index in [1.807, 2.05) is 6.07 Å². The van der Waals surface area contributed by atoms with Gasteiger partial charge in [0.25, 0.3) is 12.0 Å². The van der Waals surface area contributed by atoms with E-state index in [9.17, 15) is 27.3 Å². The van der Waals surface area contributed by atoms with Crippen LogP contribution in [-0.2, 0) is 9.84 Å². The number of nitrogens with zero attached hydrogens (tertiary/aromatic N) is 5. The lowest BCUT2D eigenvalue weighted by Gasteiger charge is -2.21. The number of hydrogen-bond donors (Lipinski definition) is 3. The highest BCUT2D eigenvalue weighted by atomic mass is 32.2. The Morgan fingerprint density at radius 2 is 1.81 bits per heavy atom. The number of anilines is 3. The number of aromatic nitrogens is 4. The molecule has 14 heteroatoms. The first-order valence-electron chi connectivity index (χ1n) is 10.7. The van der Waals surface area contributed by atoms with Crippen molar-refractivity contribution in [1.82, 2.24) is 19.5 Å². The van der Waals surface area contributed by atoms with E-state index in [1.165, 1.54) is 36.4 Å². The van der Waals surface area contributed by atoms with Crippen LogP contribution in [0.25, 0.3) is 16.6 Å². The summed E-state index contributed by atoms with van der Waals surface area (Å²) in [5.74, 6) is -0.394. The third-order valence-electron chi connectivity index (χ3n) is 5.47. The summed E-state index contributed by atoms with van der Waals surface area (Å²) in [6, 6.07) is 10.2. The van der Waals surface area contributed by atoms with Gasteiger partial charge in [0.05, 0.1) is 27.5 Å². The van der Waals surface area contributed by atoms with E-state index < -0.39 is 27.9 Å². The summed E-state index contributed by atoms with van der Waals surface area (Å²) in [7, 11) is -3.84. The molecule has 0 bridgehead atoms. The van der Waals surface area contributed by atoms with Gasteiger partial charge in [0.15, 0.2) is 15.7 Å². The van der Waals surface area contributed by atoms with Crippen LogP contribution in [0.5, 0.6) is 0 Å². The maximum atomic E-state index is 13.8. The van der Waals surface area contributed by atoms with Crippen LogP contribution in [0.3, 0.4) is 0 Å². The molecule has 0 aliphatic carbocycles. The fourth-order valence-electron chi connectivity index (χ4n) is 3.85. The molecule has 0 aliphatic heterocycles. The first-order valence-corrected chi connectivity index (χ1v) is 12.5. The van der Waals surface area contributed by atoms with Crippen LogP contribution in [-0.4, -0.2) is 34.2 Å². The molecule has 1 atom stereocenters. The Labute approximate surface area is 209 Å². The second kappa shape index (κ2) is 9.43. The summed E-state index contributed by atoms with van der Waals surface area (Å²) in [6.45, 7) is 1.58. The number of nitriles is 1. The first-order chi connectivity index (χ1) is 17.4. The number of benzene rings is 2. The lowest BCUT2D eigenvalue weighted by Crippen LogP contribution is -2.28. The number of fused-ring (bicyclic) bond motifs is 1. The minimum atomic E-state index is -3.84. The molecule has 190 valence electrons. The molecule has 0 radical (unpaired) electrons. The first kappa shape index (κ1) is 25.5. The van der Waals surface area contributed by atoms with E-state index in [4.69, 9.17) is 11.5 Å². The molecule has 4 rings (SSSR count). The van der Waals surface area contributed by atoms with Crippen LogP contribution in [0.2, 0.25) is 0 Å². The van der Waals surface area contributed by atoms with Gasteiger partial charge in [-0.1, -0.05) is 18.2 Å². The monoisotopic (exact) mass is 526 g/mol. The van der Waals surface area contributed by atoms with Gasteiger partial charge in [0.2, 0.25) is 5.95 Å². The third-order valence-corrected chi connectivity index (χ3v) is 6.61. The van der Waals surface area contributed by atoms with Crippen LogP contribution < -0.4 is 22.3 Å². The van der Waals surface area contributed by atoms with E-state index in [-0.39, 0.29) is 56.0 Å². The molecule has 11 nitrogen and oxygen atoms in total. The lowest BCUT2D eigenvalue weighted by molar-refractivity contribution is 0.151. The molecule has 0 fully saturated rings. The zero-order valence-electron chi connectivity index (χ0n) is 19.5. The van der Waals surface area contributed by atoms with Crippen molar-refractivity contribution in [3.05, 3.63) is 69.8 Å². The predicted octanol–water partition coefficient (Wildman–Crippen LogP) is 2.73. The molecule has 2 aromatic carbocycles. The van der Waals surface area contributed by atoms with E-state index in [0.717, 1.165) is 16.9 Å². The lowest BCUT2D eigenvalue weighted by atomic mass is 10.1. The number of hydrogen-bond acceptors (Lipinski definition) is 10. The predicted molar refractivity (Wildman–Crippen MR) is 133 cm³/mol. The number of nitrogens with two attached hydrogens (primary N) is 2. The molecule has 4 aromatic rings. The Bertz CT molecular complexity index is 1750. The molecule has 37 heavy (non-hydrogen) atoms. The molecule has 2 heterocycles. The van der Waals surface area contributed by atoms with Gasteiger partial charge < -0.3 is 16.8 Å². The van der Waals surface area contributed by atoms with E-state index in [1.54, 1.807) is 6.92 Å². The van der Waals surface area contributed by atoms with Crippen LogP contribution in [0.1, 0.15) is 36.3 Å². The number of halogens is 2. The van der Waals surface area contributed by atoms with Gasteiger partial charge in [0, 0.05) is 11.8 Å². The van der Waals surface area contributed by atoms with Gasteiger partial charge in [-0.05, 0) is 31.2 Å². The maximum absolute atomic E-state index is 13.8. The van der Waals surface area contributed by atoms with Gasteiger partial charge in [-0.2, -0.15) is 15.2 Å². The van der Waals surface area contributed by atoms with Crippen molar-refractivity contribution >= 4 is 38.3 Å². The van der Waals surface area contributed by atoms with Crippen molar-refractivity contribution in [2.24, 2.45) is 0 Å². The number of rotatable bonds is 6. The Morgan fingerprint density at radius 1 is 1.11 bits per heavy atom. The summed E-state index contributed by atoms with van der Waals surface area (Å²) in [6.07, 6.45) is -1.87. The minimum absolute atomic E-state index is 0.0224. The smallest absolute Gasteiger partial charge is 0.267 e. The van der Waals surface area contributed by atoms with Gasteiger partial charge >= 0.3 is 0 Å². The summed E-state index contributed by atoms with van der Waals surface area (Å²) >= 11 is 0. The fraction of sp³-hybridized carbons (Fsp3) is 0.174. The minimum Gasteiger partial charge on any atom is -0.382 e. The van der Waals surface area contributed by atoms with Gasteiger partial charge in [0.1, 0.15) is 23.3 Å². The van der Waals surface area contributed by atoms with Crippen LogP contribution in [0.15, 0.2) is 52.2 Å². The number of nitrogen functional groups attached to an aromatic ring is 2. The van der Waals surface area contributed by atoms with Gasteiger partial charge in [-0.3, -0.25) is 9.36 Å². The normalized spacial score (nSPS) is 12.4. The second-order valence-corrected chi connectivity index (χ2v) is 10.1. The largest absolute Gasteiger partial charge is 0.382 e. The summed E-state index contributed by atoms with van der Waals surface area (Å²) in [4.78, 5) is 25.8. The molecule has 0 unspecified atom stereocenters. The van der Waals surface area contributed by atoms with Crippen LogP contribution >= 0.6 is 0 Å². The summed E-state index contributed by atoms with van der Waals surface area (Å²) < 4.78 is 52.9. The van der Waals surface area contributed by atoms with Crippen molar-refractivity contribution in [2.45, 2.75) is 24.3 Å². The Kier molecular flexibility index (Phi) is 6.49. The van der Waals surface area contributed by atoms with Crippen LogP contribution in [0.4, 0.5) is 26.4 Å². The highest BCUT2D eigenvalue weighted by molar-refractivity contribution is 7.91. The molecule has 0 amide bonds. The van der Waals surface area contributed by atoms with E-state index in [0.29, 0.717) is 0 Å². The molecule has 2 aromatic heterocycles. The summed E-state index contributed by atoms with van der Waals surface area (Å²) in [5.41, 5.74) is 10.3. The Hall–Kier alpha value is -4.64. The van der Waals surface area contributed by atoms with Crippen LogP contribution in [0, 0.1) is 11.3 Å². The molecule has 0 aliphatic rings. The quantitative estimate of drug-likeness (QED) is 0.338. The van der Waals surface area contributed by atoms with E-state index in [2.05, 4.69) is 20.3 Å². The van der Waals surface area contributed by atoms with Crippen molar-refractivity contribution in [3.8, 4) is 11.8 Å². The zero-order valence-corrected chi connectivity index (χ0v) is 20.3. The average molecular weight is 527 g/mol. The SMILES string of the molecule is C[C@H](Nc1nc(N)nc(N)c1C#N)c1nc2cccc(S(C)(=O)=O)c2c(=O)n1-c1cccc(C(F)F)c1. The molecule has 0 spiro atoms. The number of alkyl halides is 2. The Balaban J connectivity index is 2.03. The number of nitrogens with one attached hydrogen (secondary N) is 1. The van der Waals surface area contributed by atoms with Crippen molar-refractivity contribution in [1.29, 1.82) is 5.26 Å². The van der Waals surface area contributed by atoms with E-state index >= 15 is 0 Å². The second-order valence-electron chi connectivity index (χ2n) is 8.10. The highest BCUT2D eigenvalue weighted by Gasteiger charge is 2.24. The molecule has 0 saturated heterocycles. The van der Waals surface area contributed by atoms with Gasteiger partial charge in [-0.15, -0.1) is 0 Å². The molecule has 0 saturated carbocycles. The maximum Gasteiger partial charge on any atom is 0.267 e. The third kappa shape index (κ3) is 4.76. The van der Waals surface area contributed by atoms with Crippen molar-refractivity contribution < 1.29 is 17.2 Å². The van der Waals surface area contributed by atoms with Gasteiger partial charge in [-0.25, -0.2) is 22.2 Å². The zero-order chi connectivity index (χ0) is 27.1. The number of sulfone groups is 1. The topological polar surface area (TPSA) is 183 Å². The Morgan fingerprint density at radius 3 is 2.46 bits per heavy atom. The molecule has 5 N–H and O–H groups in total. The van der Waals surface area contributed by atoms with Crippen molar-refractivity contribution in [2.75, 3.05) is 23.0 Å². The highest BCUT2D eigenvalue weighted by Crippen LogP contribution is 2.28. The fourth-order valence-corrected chi connectivity index (χ4v) is 4.73. The van der Waals surface area contributed by atoms with Crippen molar-refractivity contribution in [3.63, 3.8) is 0 Å². The standard InChI is InChI=1S/C23H20F2N8O3S/c1-11(29-20-14(10-26)19(27)31-23(28)32-20)21-30-15-7-4-8-16(37(2,35)36)17(15)22(34)33(21)13-6-3-5-12(9-13)18(24)25/h3-9,11,18H,1-2H3,(H5,27,28,29,31,32)/t11-/m0/s1. The summed E-state index contributed by atoms with van der Waals surface area (Å²) in [5, 5.41) is 12.2. The molecular formula is C23H20F2N8O3S. The average Bonchev–Trinajstić information content (AvgIpc) is 2.82.